The number of hydrazine groups is 1. The second-order valence-corrected chi connectivity index (χ2v) is 6.01. The molecule has 0 aliphatic carbocycles. The van der Waals surface area contributed by atoms with Crippen LogP contribution in [0.1, 0.15) is 28.4 Å². The molecule has 10 heteroatoms. The van der Waals surface area contributed by atoms with E-state index in [9.17, 15) is 14.4 Å². The molecular weight excluding hydrogens is 376 g/mol. The zero-order valence-corrected chi connectivity index (χ0v) is 15.5. The summed E-state index contributed by atoms with van der Waals surface area (Å²) in [4.78, 5) is 43.4. The summed E-state index contributed by atoms with van der Waals surface area (Å²) in [5.74, 6) is 3.42. The SMILES string of the molecule is NNC=Nc1cccc(C(=O)CNCC(=O)NC(CC(=O)O)c2cccnc2)c1. The molecule has 1 aromatic carbocycles. The Kier molecular flexibility index (Phi) is 8.42. The Balaban J connectivity index is 1.87. The predicted molar refractivity (Wildman–Crippen MR) is 106 cm³/mol. The fourth-order valence-corrected chi connectivity index (χ4v) is 2.52. The monoisotopic (exact) mass is 398 g/mol. The summed E-state index contributed by atoms with van der Waals surface area (Å²) in [5.41, 5.74) is 3.85. The molecule has 0 saturated carbocycles. The number of nitrogens with two attached hydrogens (primary N) is 1. The van der Waals surface area contributed by atoms with Crippen molar-refractivity contribution in [1.29, 1.82) is 0 Å². The number of ketones is 1. The van der Waals surface area contributed by atoms with Crippen molar-refractivity contribution in [3.63, 3.8) is 0 Å². The Labute approximate surface area is 167 Å². The molecule has 0 saturated heterocycles. The molecule has 0 aliphatic heterocycles. The normalized spacial score (nSPS) is 11.8. The molecule has 2 aromatic rings. The van der Waals surface area contributed by atoms with Gasteiger partial charge < -0.3 is 21.2 Å². The van der Waals surface area contributed by atoms with Gasteiger partial charge in [-0.3, -0.25) is 19.4 Å². The molecule has 6 N–H and O–H groups in total. The van der Waals surface area contributed by atoms with Gasteiger partial charge in [0.1, 0.15) is 6.34 Å². The van der Waals surface area contributed by atoms with Crippen LogP contribution in [0.3, 0.4) is 0 Å². The van der Waals surface area contributed by atoms with Gasteiger partial charge in [0.05, 0.1) is 31.2 Å². The number of Topliss-reactive ketones (excluding diaryl/α,β-unsaturated/α-hetero) is 1. The molecule has 10 nitrogen and oxygen atoms in total. The number of aliphatic imine (C=N–C) groups is 1. The fraction of sp³-hybridized carbons (Fsp3) is 0.211. The topological polar surface area (TPSA) is 159 Å². The average molecular weight is 398 g/mol. The fourth-order valence-electron chi connectivity index (χ4n) is 2.52. The van der Waals surface area contributed by atoms with E-state index in [1.165, 1.54) is 12.5 Å². The number of nitrogens with one attached hydrogen (secondary N) is 3. The van der Waals surface area contributed by atoms with E-state index >= 15 is 0 Å². The van der Waals surface area contributed by atoms with Gasteiger partial charge in [-0.1, -0.05) is 18.2 Å². The molecule has 1 unspecified atom stereocenters. The third kappa shape index (κ3) is 7.48. The van der Waals surface area contributed by atoms with Gasteiger partial charge in [-0.05, 0) is 23.8 Å². The highest BCUT2D eigenvalue weighted by molar-refractivity contribution is 5.98. The van der Waals surface area contributed by atoms with Crippen LogP contribution in [0.25, 0.3) is 0 Å². The van der Waals surface area contributed by atoms with Crippen molar-refractivity contribution in [3.05, 3.63) is 59.9 Å². The van der Waals surface area contributed by atoms with Crippen LogP contribution in [0.5, 0.6) is 0 Å². The first-order chi connectivity index (χ1) is 14.0. The van der Waals surface area contributed by atoms with Gasteiger partial charge in [-0.2, -0.15) is 0 Å². The summed E-state index contributed by atoms with van der Waals surface area (Å²) in [5, 5.41) is 14.5. The van der Waals surface area contributed by atoms with E-state index in [2.05, 4.69) is 26.0 Å². The maximum Gasteiger partial charge on any atom is 0.305 e. The van der Waals surface area contributed by atoms with Crippen molar-refractivity contribution in [2.24, 2.45) is 10.8 Å². The number of rotatable bonds is 11. The zero-order chi connectivity index (χ0) is 21.1. The molecule has 1 aromatic heterocycles. The first-order valence-corrected chi connectivity index (χ1v) is 8.73. The Morgan fingerprint density at radius 3 is 2.72 bits per heavy atom. The Morgan fingerprint density at radius 1 is 1.21 bits per heavy atom. The van der Waals surface area contributed by atoms with E-state index in [0.717, 1.165) is 0 Å². The summed E-state index contributed by atoms with van der Waals surface area (Å²) in [6, 6.07) is 9.28. The molecule has 1 atom stereocenters. The second-order valence-electron chi connectivity index (χ2n) is 6.01. The lowest BCUT2D eigenvalue weighted by atomic mass is 10.1. The molecule has 0 bridgehead atoms. The van der Waals surface area contributed by atoms with E-state index in [1.807, 2.05) is 0 Å². The molecule has 2 rings (SSSR count). The molecule has 152 valence electrons. The van der Waals surface area contributed by atoms with Crippen LogP contribution < -0.4 is 21.9 Å². The van der Waals surface area contributed by atoms with E-state index in [0.29, 0.717) is 16.8 Å². The smallest absolute Gasteiger partial charge is 0.305 e. The van der Waals surface area contributed by atoms with E-state index in [-0.39, 0.29) is 25.3 Å². The van der Waals surface area contributed by atoms with Gasteiger partial charge >= 0.3 is 5.97 Å². The number of nitrogens with zero attached hydrogens (tertiary/aromatic N) is 2. The number of aromatic nitrogens is 1. The van der Waals surface area contributed by atoms with E-state index in [4.69, 9.17) is 10.9 Å². The Morgan fingerprint density at radius 2 is 2.03 bits per heavy atom. The summed E-state index contributed by atoms with van der Waals surface area (Å²) >= 11 is 0. The number of carbonyl (C=O) groups is 3. The molecule has 0 aliphatic rings. The number of carboxylic acid groups (broad SMARTS) is 1. The van der Waals surface area contributed by atoms with Gasteiger partial charge in [0, 0.05) is 18.0 Å². The summed E-state index contributed by atoms with van der Waals surface area (Å²) in [7, 11) is 0. The number of pyridine rings is 1. The number of carbonyl (C=O) groups excluding carboxylic acids is 2. The van der Waals surface area contributed by atoms with Crippen LogP contribution in [0.4, 0.5) is 5.69 Å². The summed E-state index contributed by atoms with van der Waals surface area (Å²) in [6.07, 6.45) is 4.08. The van der Waals surface area contributed by atoms with Crippen LogP contribution in [-0.4, -0.2) is 47.2 Å². The molecule has 0 spiro atoms. The maximum absolute atomic E-state index is 12.3. The highest BCUT2D eigenvalue weighted by Crippen LogP contribution is 2.15. The van der Waals surface area contributed by atoms with Crippen LogP contribution in [0.15, 0.2) is 53.8 Å². The maximum atomic E-state index is 12.3. The lowest BCUT2D eigenvalue weighted by Crippen LogP contribution is -2.38. The lowest BCUT2D eigenvalue weighted by Gasteiger charge is -2.17. The molecule has 0 radical (unpaired) electrons. The van der Waals surface area contributed by atoms with Gasteiger partial charge in [0.25, 0.3) is 0 Å². The summed E-state index contributed by atoms with van der Waals surface area (Å²) in [6.45, 7) is -0.205. The number of benzene rings is 1. The minimum Gasteiger partial charge on any atom is -0.481 e. The number of hydrogen-bond donors (Lipinski definition) is 5. The van der Waals surface area contributed by atoms with Crippen LogP contribution in [0.2, 0.25) is 0 Å². The number of carboxylic acids is 1. The minimum atomic E-state index is -1.05. The molecular formula is C19H22N6O4. The third-order valence-corrected chi connectivity index (χ3v) is 3.83. The van der Waals surface area contributed by atoms with Crippen molar-refractivity contribution in [2.75, 3.05) is 13.1 Å². The molecule has 1 heterocycles. The van der Waals surface area contributed by atoms with Gasteiger partial charge in [-0.25, -0.2) is 10.8 Å². The van der Waals surface area contributed by atoms with Crippen LogP contribution >= 0.6 is 0 Å². The average Bonchev–Trinajstić information content (AvgIpc) is 2.72. The van der Waals surface area contributed by atoms with Gasteiger partial charge in [0.2, 0.25) is 5.91 Å². The number of aliphatic carboxylic acids is 1. The number of hydrogen-bond acceptors (Lipinski definition) is 7. The molecule has 29 heavy (non-hydrogen) atoms. The molecule has 1 amide bonds. The largest absolute Gasteiger partial charge is 0.481 e. The predicted octanol–water partition coefficient (Wildman–Crippen LogP) is 0.309. The van der Waals surface area contributed by atoms with E-state index in [1.54, 1.807) is 42.6 Å². The van der Waals surface area contributed by atoms with Gasteiger partial charge in [0.15, 0.2) is 5.78 Å². The molecule has 0 fully saturated rings. The van der Waals surface area contributed by atoms with Crippen LogP contribution in [-0.2, 0) is 9.59 Å². The summed E-state index contributed by atoms with van der Waals surface area (Å²) < 4.78 is 0. The third-order valence-electron chi connectivity index (χ3n) is 3.83. The first kappa shape index (κ1) is 21.7. The second kappa shape index (κ2) is 11.3. The van der Waals surface area contributed by atoms with Crippen molar-refractivity contribution in [2.45, 2.75) is 12.5 Å². The van der Waals surface area contributed by atoms with Crippen molar-refractivity contribution >= 4 is 29.7 Å². The van der Waals surface area contributed by atoms with Crippen molar-refractivity contribution < 1.29 is 19.5 Å². The standard InChI is InChI=1S/C19H22N6O4/c20-24-12-23-15-5-1-3-13(7-15)17(26)10-22-11-18(27)25-16(8-19(28)29)14-4-2-6-21-9-14/h1-7,9,12,16,22H,8,10-11,20H2,(H,23,24)(H,25,27)(H,28,29). The van der Waals surface area contributed by atoms with Crippen molar-refractivity contribution in [1.82, 2.24) is 21.0 Å². The quantitative estimate of drug-likeness (QED) is 0.119. The first-order valence-electron chi connectivity index (χ1n) is 8.73. The van der Waals surface area contributed by atoms with Crippen molar-refractivity contribution in [3.8, 4) is 0 Å². The van der Waals surface area contributed by atoms with Crippen LogP contribution in [0, 0.1) is 0 Å². The highest BCUT2D eigenvalue weighted by atomic mass is 16.4. The Hall–Kier alpha value is -3.63. The van der Waals surface area contributed by atoms with Gasteiger partial charge in [-0.15, -0.1) is 0 Å². The lowest BCUT2D eigenvalue weighted by molar-refractivity contribution is -0.137. The zero-order valence-electron chi connectivity index (χ0n) is 15.5. The van der Waals surface area contributed by atoms with E-state index < -0.39 is 17.9 Å². The Bertz CT molecular complexity index is 872. The number of amides is 1. The highest BCUT2D eigenvalue weighted by Gasteiger charge is 2.18. The minimum absolute atomic E-state index is 0.0633.